The molecular weight excluding hydrogens is 621 g/mol. The van der Waals surface area contributed by atoms with Crippen LogP contribution in [0.1, 0.15) is 39.9 Å². The van der Waals surface area contributed by atoms with Crippen LogP contribution in [0.4, 0.5) is 18.9 Å². The van der Waals surface area contributed by atoms with Crippen LogP contribution in [0.5, 0.6) is 0 Å². The van der Waals surface area contributed by atoms with Gasteiger partial charge >= 0.3 is 0 Å². The molecule has 2 atom stereocenters. The van der Waals surface area contributed by atoms with Gasteiger partial charge in [0.15, 0.2) is 5.78 Å². The van der Waals surface area contributed by atoms with Crippen molar-refractivity contribution in [3.8, 4) is 0 Å². The van der Waals surface area contributed by atoms with Gasteiger partial charge in [-0.3, -0.25) is 14.4 Å². The van der Waals surface area contributed by atoms with E-state index >= 15 is 0 Å². The summed E-state index contributed by atoms with van der Waals surface area (Å²) in [6, 6.07) is 8.27. The lowest BCUT2D eigenvalue weighted by molar-refractivity contribution is -0.117. The number of hydrogen-bond acceptors (Lipinski definition) is 3. The summed E-state index contributed by atoms with van der Waals surface area (Å²) in [7, 11) is 0. The molecule has 1 saturated carbocycles. The average molecular weight is 638 g/mol. The molecule has 1 aliphatic rings. The Morgan fingerprint density at radius 1 is 0.897 bits per heavy atom. The molecule has 39 heavy (non-hydrogen) atoms. The monoisotopic (exact) mass is 635 g/mol. The largest absolute Gasteiger partial charge is 0.326 e. The quantitative estimate of drug-likeness (QED) is 0.154. The van der Waals surface area contributed by atoms with Crippen molar-refractivity contribution in [2.75, 3.05) is 5.32 Å². The number of anilines is 1. The molecule has 3 aromatic carbocycles. The maximum Gasteiger partial charge on any atom is 0.231 e. The Morgan fingerprint density at radius 2 is 1.51 bits per heavy atom. The Morgan fingerprint density at radius 3 is 2.13 bits per heavy atom. The zero-order valence-corrected chi connectivity index (χ0v) is 23.6. The number of benzene rings is 3. The van der Waals surface area contributed by atoms with Crippen molar-refractivity contribution in [3.63, 3.8) is 0 Å². The molecule has 1 N–H and O–H groups in total. The van der Waals surface area contributed by atoms with Crippen LogP contribution in [0.2, 0.25) is 15.1 Å². The van der Waals surface area contributed by atoms with E-state index in [4.69, 9.17) is 58.0 Å². The molecule has 4 rings (SSSR count). The van der Waals surface area contributed by atoms with Crippen LogP contribution < -0.4 is 5.32 Å². The number of Topliss-reactive ketones (excluding diaryl/α,β-unsaturated/α-hetero) is 2. The first-order chi connectivity index (χ1) is 18.2. The highest BCUT2D eigenvalue weighted by atomic mass is 35.5. The highest BCUT2D eigenvalue weighted by Crippen LogP contribution is 2.65. The van der Waals surface area contributed by atoms with Crippen molar-refractivity contribution in [1.29, 1.82) is 0 Å². The zero-order valence-electron chi connectivity index (χ0n) is 19.9. The molecule has 4 nitrogen and oxygen atoms in total. The first-order valence-corrected chi connectivity index (χ1v) is 13.2. The van der Waals surface area contributed by atoms with Gasteiger partial charge in [-0.25, -0.2) is 13.2 Å². The SMILES string of the molecule is CC(=O)Cc1c(F)ccc(CC(=O)c2cc(NC(=O)[C@H]3[C@H](c4cc(Cl)c(Cl)c(Cl)c4)C3(Cl)Cl)ccc2F)c1F. The predicted molar refractivity (Wildman–Crippen MR) is 146 cm³/mol. The smallest absolute Gasteiger partial charge is 0.231 e. The molecule has 1 aliphatic carbocycles. The van der Waals surface area contributed by atoms with Crippen LogP contribution >= 0.6 is 58.0 Å². The highest BCUT2D eigenvalue weighted by molar-refractivity contribution is 6.54. The third kappa shape index (κ3) is 6.08. The van der Waals surface area contributed by atoms with Crippen molar-refractivity contribution in [3.05, 3.63) is 97.2 Å². The fraction of sp³-hybridized carbons (Fsp3) is 0.222. The molecule has 0 saturated heterocycles. The van der Waals surface area contributed by atoms with Crippen molar-refractivity contribution < 1.29 is 27.6 Å². The van der Waals surface area contributed by atoms with Gasteiger partial charge < -0.3 is 5.32 Å². The summed E-state index contributed by atoms with van der Waals surface area (Å²) >= 11 is 30.9. The molecule has 0 radical (unpaired) electrons. The number of ketones is 2. The van der Waals surface area contributed by atoms with Crippen LogP contribution in [0.15, 0.2) is 42.5 Å². The lowest BCUT2D eigenvalue weighted by Gasteiger charge is -2.11. The van der Waals surface area contributed by atoms with Gasteiger partial charge in [-0.1, -0.05) is 40.9 Å². The number of rotatable bonds is 8. The second-order valence-corrected chi connectivity index (χ2v) is 11.7. The van der Waals surface area contributed by atoms with Crippen LogP contribution in [-0.4, -0.2) is 21.8 Å². The molecule has 0 aliphatic heterocycles. The minimum absolute atomic E-state index is 0.0588. The fourth-order valence-electron chi connectivity index (χ4n) is 4.32. The van der Waals surface area contributed by atoms with E-state index in [9.17, 15) is 27.6 Å². The number of amides is 1. The van der Waals surface area contributed by atoms with Gasteiger partial charge in [-0.05, 0) is 54.4 Å². The maximum atomic E-state index is 14.8. The van der Waals surface area contributed by atoms with Crippen LogP contribution in [0, 0.1) is 23.4 Å². The van der Waals surface area contributed by atoms with Crippen LogP contribution in [0.25, 0.3) is 0 Å². The summed E-state index contributed by atoms with van der Waals surface area (Å²) < 4.78 is 41.8. The number of halogens is 8. The number of hydrogen-bond donors (Lipinski definition) is 1. The summed E-state index contributed by atoms with van der Waals surface area (Å²) in [6.45, 7) is 1.17. The van der Waals surface area contributed by atoms with E-state index in [1.54, 1.807) is 0 Å². The van der Waals surface area contributed by atoms with Gasteiger partial charge in [0.1, 0.15) is 27.6 Å². The first-order valence-electron chi connectivity index (χ1n) is 11.3. The van der Waals surface area contributed by atoms with E-state index in [0.29, 0.717) is 5.56 Å². The average Bonchev–Trinajstić information content (AvgIpc) is 3.44. The Kier molecular flexibility index (Phi) is 8.60. The lowest BCUT2D eigenvalue weighted by atomic mass is 9.98. The number of alkyl halides is 2. The Labute approximate surface area is 246 Å². The Bertz CT molecular complexity index is 1510. The van der Waals surface area contributed by atoms with Crippen molar-refractivity contribution in [2.24, 2.45) is 5.92 Å². The van der Waals surface area contributed by atoms with Crippen LogP contribution in [0.3, 0.4) is 0 Å². The third-order valence-electron chi connectivity index (χ3n) is 6.28. The number of nitrogens with one attached hydrogen (secondary N) is 1. The molecule has 0 bridgehead atoms. The highest BCUT2D eigenvalue weighted by Gasteiger charge is 2.67. The molecule has 204 valence electrons. The van der Waals surface area contributed by atoms with Gasteiger partial charge in [-0.15, -0.1) is 23.2 Å². The minimum atomic E-state index is -1.50. The van der Waals surface area contributed by atoms with E-state index in [0.717, 1.165) is 24.3 Å². The van der Waals surface area contributed by atoms with Crippen LogP contribution in [-0.2, 0) is 22.4 Å². The molecule has 0 spiro atoms. The first kappa shape index (κ1) is 29.7. The summed E-state index contributed by atoms with van der Waals surface area (Å²) in [5, 5.41) is 3.00. The van der Waals surface area contributed by atoms with E-state index in [1.807, 2.05) is 0 Å². The lowest BCUT2D eigenvalue weighted by Crippen LogP contribution is -2.18. The zero-order chi connectivity index (χ0) is 28.8. The van der Waals surface area contributed by atoms with Gasteiger partial charge in [-0.2, -0.15) is 0 Å². The standard InChI is InChI=1S/C27H17Cl5F3NO3/c1-11(37)6-16-20(34)4-2-12(25(16)35)9-21(38)15-10-14(3-5-19(15)33)36-26(39)23-22(27(23,31)32)13-7-17(28)24(30)18(29)8-13/h2-5,7-8,10,22-23H,6,9H2,1H3,(H,36,39)/t22-,23+/m0/s1. The maximum absolute atomic E-state index is 14.8. The molecule has 0 aromatic heterocycles. The molecule has 3 aromatic rings. The van der Waals surface area contributed by atoms with Gasteiger partial charge in [0.2, 0.25) is 5.91 Å². The molecule has 12 heteroatoms. The van der Waals surface area contributed by atoms with E-state index in [-0.39, 0.29) is 26.3 Å². The van der Waals surface area contributed by atoms with Crippen molar-refractivity contribution in [2.45, 2.75) is 30.0 Å². The molecule has 0 unspecified atom stereocenters. The Hall–Kier alpha value is -2.29. The second kappa shape index (κ2) is 11.3. The van der Waals surface area contributed by atoms with Gasteiger partial charge in [0.05, 0.1) is 26.5 Å². The summed E-state index contributed by atoms with van der Waals surface area (Å²) in [5.41, 5.74) is -0.566. The van der Waals surface area contributed by atoms with E-state index < -0.39 is 75.1 Å². The molecule has 1 fully saturated rings. The fourth-order valence-corrected chi connectivity index (χ4v) is 5.76. The topological polar surface area (TPSA) is 63.2 Å². The molecular formula is C27H17Cl5F3NO3. The normalized spacial score (nSPS) is 17.6. The predicted octanol–water partition coefficient (Wildman–Crippen LogP) is 8.15. The number of carbonyl (C=O) groups excluding carboxylic acids is 3. The second-order valence-electron chi connectivity index (χ2n) is 9.09. The van der Waals surface area contributed by atoms with E-state index in [1.165, 1.54) is 25.1 Å². The Balaban J connectivity index is 1.53. The van der Waals surface area contributed by atoms with E-state index in [2.05, 4.69) is 5.32 Å². The molecule has 0 heterocycles. The third-order valence-corrected chi connectivity index (χ3v) is 8.42. The summed E-state index contributed by atoms with van der Waals surface area (Å²) in [4.78, 5) is 37.2. The number of carbonyl (C=O) groups is 3. The van der Waals surface area contributed by atoms with Crippen molar-refractivity contribution in [1.82, 2.24) is 0 Å². The summed E-state index contributed by atoms with van der Waals surface area (Å²) in [6.07, 6.45) is -1.10. The van der Waals surface area contributed by atoms with Crippen molar-refractivity contribution >= 4 is 81.2 Å². The summed E-state index contributed by atoms with van der Waals surface area (Å²) in [5.74, 6) is -6.42. The minimum Gasteiger partial charge on any atom is -0.326 e. The van der Waals surface area contributed by atoms with Gasteiger partial charge in [0, 0.05) is 30.0 Å². The van der Waals surface area contributed by atoms with Gasteiger partial charge in [0.25, 0.3) is 0 Å². The molecule has 1 amide bonds.